The molecule has 0 amide bonds. The summed E-state index contributed by atoms with van der Waals surface area (Å²) >= 11 is 0. The van der Waals surface area contributed by atoms with Crippen molar-refractivity contribution < 1.29 is 23.8 Å². The van der Waals surface area contributed by atoms with E-state index in [9.17, 15) is 9.59 Å². The van der Waals surface area contributed by atoms with Gasteiger partial charge in [0.1, 0.15) is 12.7 Å². The molecular weight excluding hydrogens is 188 g/mol. The predicted molar refractivity (Wildman–Crippen MR) is 46.6 cm³/mol. The van der Waals surface area contributed by atoms with Gasteiger partial charge in [0, 0.05) is 0 Å². The Morgan fingerprint density at radius 3 is 2.07 bits per heavy atom. The van der Waals surface area contributed by atoms with Gasteiger partial charge in [-0.1, -0.05) is 6.92 Å². The highest BCUT2D eigenvalue weighted by atomic mass is 16.8. The standard InChI is InChI=1S/C5H8O2.C4H6O3/c1-4-2-3-7-5(4)6;1-3-2-6-4(5)7-3/h4H,2-3H2,1H3;3H,2H2,1H3. The topological polar surface area (TPSA) is 61.8 Å². The van der Waals surface area contributed by atoms with Gasteiger partial charge in [0.15, 0.2) is 0 Å². The van der Waals surface area contributed by atoms with Crippen LogP contribution in [-0.2, 0) is 19.0 Å². The third kappa shape index (κ3) is 3.24. The fourth-order valence-corrected chi connectivity index (χ4v) is 1.01. The Morgan fingerprint density at radius 1 is 1.21 bits per heavy atom. The van der Waals surface area contributed by atoms with E-state index < -0.39 is 6.16 Å². The first-order chi connectivity index (χ1) is 6.59. The first-order valence-corrected chi connectivity index (χ1v) is 4.59. The van der Waals surface area contributed by atoms with Crippen molar-refractivity contribution >= 4 is 12.1 Å². The molecule has 0 aromatic carbocycles. The number of carbonyl (C=O) groups excluding carboxylic acids is 2. The van der Waals surface area contributed by atoms with Crippen LogP contribution < -0.4 is 0 Å². The van der Waals surface area contributed by atoms with Gasteiger partial charge in [0.25, 0.3) is 0 Å². The number of esters is 1. The quantitative estimate of drug-likeness (QED) is 0.550. The van der Waals surface area contributed by atoms with E-state index in [4.69, 9.17) is 0 Å². The van der Waals surface area contributed by atoms with E-state index in [2.05, 4.69) is 14.2 Å². The maximum absolute atomic E-state index is 10.4. The van der Waals surface area contributed by atoms with Crippen molar-refractivity contribution in [1.82, 2.24) is 0 Å². The summed E-state index contributed by atoms with van der Waals surface area (Å²) in [7, 11) is 0. The molecule has 5 heteroatoms. The molecule has 80 valence electrons. The van der Waals surface area contributed by atoms with Crippen molar-refractivity contribution in [3.05, 3.63) is 0 Å². The van der Waals surface area contributed by atoms with Gasteiger partial charge in [-0.05, 0) is 13.3 Å². The van der Waals surface area contributed by atoms with Crippen LogP contribution in [0, 0.1) is 5.92 Å². The highest BCUT2D eigenvalue weighted by Gasteiger charge is 2.20. The van der Waals surface area contributed by atoms with E-state index in [1.54, 1.807) is 6.92 Å². The third-order valence-electron chi connectivity index (χ3n) is 1.93. The van der Waals surface area contributed by atoms with E-state index >= 15 is 0 Å². The molecule has 0 spiro atoms. The lowest BCUT2D eigenvalue weighted by Gasteiger charge is -1.90. The molecule has 2 rings (SSSR count). The van der Waals surface area contributed by atoms with Crippen LogP contribution in [-0.4, -0.2) is 31.4 Å². The number of hydrogen-bond donors (Lipinski definition) is 0. The van der Waals surface area contributed by atoms with E-state index in [1.165, 1.54) is 0 Å². The summed E-state index contributed by atoms with van der Waals surface area (Å²) in [5.41, 5.74) is 0. The largest absolute Gasteiger partial charge is 0.508 e. The molecule has 0 aliphatic carbocycles. The Morgan fingerprint density at radius 2 is 1.93 bits per heavy atom. The van der Waals surface area contributed by atoms with Crippen LogP contribution in [0.15, 0.2) is 0 Å². The number of hydrogen-bond acceptors (Lipinski definition) is 5. The first-order valence-electron chi connectivity index (χ1n) is 4.59. The number of carbonyl (C=O) groups is 2. The molecule has 2 aliphatic rings. The maximum atomic E-state index is 10.4. The molecule has 2 unspecified atom stereocenters. The molecule has 2 aliphatic heterocycles. The second-order valence-electron chi connectivity index (χ2n) is 3.35. The van der Waals surface area contributed by atoms with Crippen molar-refractivity contribution in [2.24, 2.45) is 5.92 Å². The summed E-state index contributed by atoms with van der Waals surface area (Å²) in [6.07, 6.45) is 0.304. The van der Waals surface area contributed by atoms with Gasteiger partial charge < -0.3 is 14.2 Å². The van der Waals surface area contributed by atoms with Crippen molar-refractivity contribution in [2.75, 3.05) is 13.2 Å². The Labute approximate surface area is 82.3 Å². The number of cyclic esters (lactones) is 3. The van der Waals surface area contributed by atoms with Gasteiger partial charge in [-0.25, -0.2) is 4.79 Å². The van der Waals surface area contributed by atoms with Gasteiger partial charge in [-0.3, -0.25) is 4.79 Å². The molecule has 0 radical (unpaired) electrons. The summed E-state index contributed by atoms with van der Waals surface area (Å²) in [5.74, 6) is 0.111. The molecule has 2 saturated heterocycles. The molecule has 14 heavy (non-hydrogen) atoms. The normalized spacial score (nSPS) is 29.9. The smallest absolute Gasteiger partial charge is 0.465 e. The van der Waals surface area contributed by atoms with Crippen LogP contribution in [0.3, 0.4) is 0 Å². The van der Waals surface area contributed by atoms with E-state index in [-0.39, 0.29) is 18.0 Å². The van der Waals surface area contributed by atoms with E-state index in [0.717, 1.165) is 6.42 Å². The van der Waals surface area contributed by atoms with E-state index in [0.29, 0.717) is 13.2 Å². The lowest BCUT2D eigenvalue weighted by Crippen LogP contribution is -2.01. The lowest BCUT2D eigenvalue weighted by molar-refractivity contribution is -0.140. The predicted octanol–water partition coefficient (Wildman–Crippen LogP) is 1.11. The number of ether oxygens (including phenoxy) is 3. The Hall–Kier alpha value is -1.26. The maximum Gasteiger partial charge on any atom is 0.508 e. The van der Waals surface area contributed by atoms with E-state index in [1.807, 2.05) is 6.92 Å². The second-order valence-corrected chi connectivity index (χ2v) is 3.35. The number of rotatable bonds is 0. The monoisotopic (exact) mass is 202 g/mol. The zero-order chi connectivity index (χ0) is 10.6. The van der Waals surface area contributed by atoms with Gasteiger partial charge >= 0.3 is 12.1 Å². The Bertz CT molecular complexity index is 225. The van der Waals surface area contributed by atoms with Gasteiger partial charge in [0.2, 0.25) is 0 Å². The van der Waals surface area contributed by atoms with Crippen LogP contribution in [0.5, 0.6) is 0 Å². The van der Waals surface area contributed by atoms with Crippen molar-refractivity contribution in [2.45, 2.75) is 26.4 Å². The fourth-order valence-electron chi connectivity index (χ4n) is 1.01. The van der Waals surface area contributed by atoms with Crippen molar-refractivity contribution in [1.29, 1.82) is 0 Å². The molecule has 2 heterocycles. The SMILES string of the molecule is CC1CCOC1=O.CC1COC(=O)O1. The molecule has 2 atom stereocenters. The molecule has 2 fully saturated rings. The zero-order valence-electron chi connectivity index (χ0n) is 8.32. The molecule has 0 bridgehead atoms. The van der Waals surface area contributed by atoms with Crippen LogP contribution in [0.1, 0.15) is 20.3 Å². The average molecular weight is 202 g/mol. The van der Waals surface area contributed by atoms with Gasteiger partial charge in [0.05, 0.1) is 12.5 Å². The van der Waals surface area contributed by atoms with Gasteiger partial charge in [-0.15, -0.1) is 0 Å². The average Bonchev–Trinajstić information content (AvgIpc) is 2.65. The van der Waals surface area contributed by atoms with Crippen LogP contribution in [0.4, 0.5) is 4.79 Å². The summed E-state index contributed by atoms with van der Waals surface area (Å²) in [4.78, 5) is 20.4. The minimum Gasteiger partial charge on any atom is -0.465 e. The van der Waals surface area contributed by atoms with Gasteiger partial charge in [-0.2, -0.15) is 0 Å². The Balaban J connectivity index is 0.000000140. The highest BCUT2D eigenvalue weighted by Crippen LogP contribution is 2.11. The molecular formula is C9H14O5. The minimum absolute atomic E-state index is 0.0417. The first kappa shape index (κ1) is 10.8. The summed E-state index contributed by atoms with van der Waals surface area (Å²) < 4.78 is 13.5. The molecule has 0 N–H and O–H groups in total. The summed E-state index contributed by atoms with van der Waals surface area (Å²) in [6.45, 7) is 4.69. The highest BCUT2D eigenvalue weighted by molar-refractivity contribution is 5.73. The summed E-state index contributed by atoms with van der Waals surface area (Å²) in [5, 5.41) is 0. The lowest BCUT2D eigenvalue weighted by atomic mass is 10.2. The van der Waals surface area contributed by atoms with Crippen LogP contribution in [0.25, 0.3) is 0 Å². The molecule has 0 saturated carbocycles. The summed E-state index contributed by atoms with van der Waals surface area (Å²) in [6, 6.07) is 0. The van der Waals surface area contributed by atoms with Crippen LogP contribution in [0.2, 0.25) is 0 Å². The molecule has 0 aromatic heterocycles. The minimum atomic E-state index is -0.549. The van der Waals surface area contributed by atoms with Crippen molar-refractivity contribution in [3.8, 4) is 0 Å². The Kier molecular flexibility index (Phi) is 3.73. The van der Waals surface area contributed by atoms with Crippen LogP contribution >= 0.6 is 0 Å². The fraction of sp³-hybridized carbons (Fsp3) is 0.778. The van der Waals surface area contributed by atoms with Crippen molar-refractivity contribution in [3.63, 3.8) is 0 Å². The third-order valence-corrected chi connectivity index (χ3v) is 1.93. The molecule has 0 aromatic rings. The second kappa shape index (κ2) is 4.83. The molecule has 5 nitrogen and oxygen atoms in total. The zero-order valence-corrected chi connectivity index (χ0v) is 8.32.